The fraction of sp³-hybridized carbons (Fsp3) is 0.167. The lowest BCUT2D eigenvalue weighted by atomic mass is 10.1. The second-order valence-electron chi connectivity index (χ2n) is 5.55. The average Bonchev–Trinajstić information content (AvgIpc) is 3.00. The Labute approximate surface area is 143 Å². The van der Waals surface area contributed by atoms with Crippen molar-refractivity contribution in [2.45, 2.75) is 13.8 Å². The summed E-state index contributed by atoms with van der Waals surface area (Å²) in [5.41, 5.74) is 2.15. The van der Waals surface area contributed by atoms with Crippen molar-refractivity contribution < 1.29 is 19.0 Å². The van der Waals surface area contributed by atoms with Gasteiger partial charge in [-0.2, -0.15) is 0 Å². The molecule has 1 heterocycles. The summed E-state index contributed by atoms with van der Waals surface area (Å²) in [6.45, 7) is 3.90. The molecule has 0 amide bonds. The van der Waals surface area contributed by atoms with Gasteiger partial charge in [-0.25, -0.2) is 4.79 Å². The SMILES string of the molecule is COc1ccc(-[n+]2[nH]oc(=O)c2C([O-])=Nc2ccc(C)c(C)c2)cc1. The normalized spacial score (nSPS) is 11.6. The lowest BCUT2D eigenvalue weighted by molar-refractivity contribution is -0.673. The molecule has 0 radical (unpaired) electrons. The first-order valence-electron chi connectivity index (χ1n) is 7.61. The molecule has 1 aromatic heterocycles. The van der Waals surface area contributed by atoms with Crippen molar-refractivity contribution in [1.29, 1.82) is 0 Å². The van der Waals surface area contributed by atoms with Gasteiger partial charge in [0.25, 0.3) is 0 Å². The summed E-state index contributed by atoms with van der Waals surface area (Å²) in [7, 11) is 1.55. The highest BCUT2D eigenvalue weighted by molar-refractivity contribution is 5.88. The summed E-state index contributed by atoms with van der Waals surface area (Å²) in [6, 6.07) is 12.2. The van der Waals surface area contributed by atoms with Gasteiger partial charge in [0, 0.05) is 12.1 Å². The van der Waals surface area contributed by atoms with Gasteiger partial charge < -0.3 is 9.84 Å². The highest BCUT2D eigenvalue weighted by atomic mass is 16.5. The minimum atomic E-state index is -0.784. The molecule has 3 aromatic rings. The van der Waals surface area contributed by atoms with Crippen LogP contribution in [0.4, 0.5) is 5.69 Å². The fourth-order valence-electron chi connectivity index (χ4n) is 2.33. The summed E-state index contributed by atoms with van der Waals surface area (Å²) < 4.78 is 11.1. The van der Waals surface area contributed by atoms with Crippen LogP contribution in [-0.4, -0.2) is 18.3 Å². The van der Waals surface area contributed by atoms with E-state index in [1.807, 2.05) is 19.9 Å². The zero-order valence-corrected chi connectivity index (χ0v) is 14.1. The van der Waals surface area contributed by atoms with Gasteiger partial charge in [0.1, 0.15) is 5.75 Å². The molecule has 0 saturated heterocycles. The first-order valence-corrected chi connectivity index (χ1v) is 7.61. The molecule has 1 N–H and O–H groups in total. The monoisotopic (exact) mass is 339 g/mol. The van der Waals surface area contributed by atoms with E-state index in [0.717, 1.165) is 11.1 Å². The maximum atomic E-state index is 12.5. The summed E-state index contributed by atoms with van der Waals surface area (Å²) in [4.78, 5) is 16.0. The number of methoxy groups -OCH3 is 1. The van der Waals surface area contributed by atoms with Crippen molar-refractivity contribution >= 4 is 11.6 Å². The number of aryl methyl sites for hydroxylation is 2. The van der Waals surface area contributed by atoms with Crippen LogP contribution in [0.25, 0.3) is 5.69 Å². The van der Waals surface area contributed by atoms with E-state index in [4.69, 9.17) is 9.26 Å². The van der Waals surface area contributed by atoms with Crippen LogP contribution in [0.2, 0.25) is 0 Å². The number of benzene rings is 2. The molecule has 0 saturated carbocycles. The Morgan fingerprint density at radius 2 is 1.88 bits per heavy atom. The number of hydrogen-bond donors (Lipinski definition) is 1. The van der Waals surface area contributed by atoms with Gasteiger partial charge in [-0.05, 0) is 59.2 Å². The molecule has 0 bridgehead atoms. The van der Waals surface area contributed by atoms with Crippen LogP contribution in [0.5, 0.6) is 5.75 Å². The molecule has 7 heteroatoms. The molecule has 0 atom stereocenters. The molecule has 7 nitrogen and oxygen atoms in total. The average molecular weight is 339 g/mol. The molecular formula is C18H17N3O4. The van der Waals surface area contributed by atoms with E-state index >= 15 is 0 Å². The summed E-state index contributed by atoms with van der Waals surface area (Å²) in [5, 5.41) is 14.9. The van der Waals surface area contributed by atoms with Crippen LogP contribution < -0.4 is 20.2 Å². The standard InChI is InChI=1S/C18H17N3O4/c1-11-4-5-13(10-12(11)2)19-17(22)16-18(23)25-20-21(16)14-6-8-15(24-3)9-7-14/h4-10H,1-3H3,(H-,19,20,22,23). The molecule has 0 fully saturated rings. The smallest absolute Gasteiger partial charge is 0.436 e. The van der Waals surface area contributed by atoms with Crippen LogP contribution in [0.3, 0.4) is 0 Å². The zero-order chi connectivity index (χ0) is 18.0. The molecule has 128 valence electrons. The van der Waals surface area contributed by atoms with Gasteiger partial charge in [0.2, 0.25) is 5.69 Å². The molecule has 0 spiro atoms. The van der Waals surface area contributed by atoms with Crippen LogP contribution in [0.1, 0.15) is 16.8 Å². The van der Waals surface area contributed by atoms with E-state index in [0.29, 0.717) is 17.1 Å². The first-order chi connectivity index (χ1) is 12.0. The molecule has 0 unspecified atom stereocenters. The first kappa shape index (κ1) is 16.5. The number of H-pyrrole nitrogens is 1. The predicted octanol–water partition coefficient (Wildman–Crippen LogP) is 1.31. The lowest BCUT2D eigenvalue weighted by Gasteiger charge is -2.06. The summed E-state index contributed by atoms with van der Waals surface area (Å²) in [5.74, 6) is -0.0306. The van der Waals surface area contributed by atoms with Gasteiger partial charge in [-0.3, -0.25) is 9.52 Å². The Morgan fingerprint density at radius 3 is 2.52 bits per heavy atom. The zero-order valence-electron chi connectivity index (χ0n) is 14.1. The Balaban J connectivity index is 2.04. The molecule has 0 aliphatic rings. The number of nitrogens with one attached hydrogen (secondary N) is 1. The van der Waals surface area contributed by atoms with E-state index in [1.54, 1.807) is 43.5 Å². The lowest BCUT2D eigenvalue weighted by Crippen LogP contribution is -2.44. The minimum absolute atomic E-state index is 0.205. The minimum Gasteiger partial charge on any atom is -0.854 e. The van der Waals surface area contributed by atoms with Crippen molar-refractivity contribution in [1.82, 2.24) is 5.27 Å². The number of nitrogens with zero attached hydrogens (tertiary/aromatic N) is 2. The van der Waals surface area contributed by atoms with E-state index in [-0.39, 0.29) is 5.69 Å². The van der Waals surface area contributed by atoms with Gasteiger partial charge in [-0.1, -0.05) is 6.07 Å². The number of ether oxygens (including phenoxy) is 1. The fourth-order valence-corrected chi connectivity index (χ4v) is 2.33. The van der Waals surface area contributed by atoms with Gasteiger partial charge in [-0.15, -0.1) is 0 Å². The molecule has 3 rings (SSSR count). The van der Waals surface area contributed by atoms with E-state index < -0.39 is 11.5 Å². The maximum absolute atomic E-state index is 12.5. The third-order valence-electron chi connectivity index (χ3n) is 3.90. The van der Waals surface area contributed by atoms with E-state index in [2.05, 4.69) is 10.3 Å². The molecule has 0 aliphatic carbocycles. The third kappa shape index (κ3) is 3.30. The van der Waals surface area contributed by atoms with E-state index in [9.17, 15) is 9.90 Å². The topological polar surface area (TPSA) is 94.5 Å². The van der Waals surface area contributed by atoms with Crippen LogP contribution >= 0.6 is 0 Å². The Morgan fingerprint density at radius 1 is 1.16 bits per heavy atom. The van der Waals surface area contributed by atoms with Gasteiger partial charge in [0.15, 0.2) is 0 Å². The molecule has 25 heavy (non-hydrogen) atoms. The number of aromatic nitrogens is 2. The Hall–Kier alpha value is -3.35. The van der Waals surface area contributed by atoms with Crippen molar-refractivity contribution in [3.8, 4) is 11.4 Å². The molecular weight excluding hydrogens is 322 g/mol. The largest absolute Gasteiger partial charge is 0.854 e. The quantitative estimate of drug-likeness (QED) is 0.440. The second kappa shape index (κ2) is 6.64. The van der Waals surface area contributed by atoms with Crippen LogP contribution in [0, 0.1) is 13.8 Å². The van der Waals surface area contributed by atoms with Crippen molar-refractivity contribution in [3.63, 3.8) is 0 Å². The molecule has 2 aromatic carbocycles. The van der Waals surface area contributed by atoms with Crippen molar-refractivity contribution in [3.05, 3.63) is 69.7 Å². The number of rotatable bonds is 4. The number of aromatic amines is 1. The highest BCUT2D eigenvalue weighted by Gasteiger charge is 2.23. The highest BCUT2D eigenvalue weighted by Crippen LogP contribution is 2.17. The number of aliphatic imine (C=N–C) groups is 1. The van der Waals surface area contributed by atoms with Crippen LogP contribution in [-0.2, 0) is 0 Å². The third-order valence-corrected chi connectivity index (χ3v) is 3.90. The van der Waals surface area contributed by atoms with Crippen molar-refractivity contribution in [2.24, 2.45) is 4.99 Å². The summed E-state index contributed by atoms with van der Waals surface area (Å²) >= 11 is 0. The van der Waals surface area contributed by atoms with Gasteiger partial charge in [0.05, 0.1) is 18.7 Å². The van der Waals surface area contributed by atoms with Crippen molar-refractivity contribution in [2.75, 3.05) is 7.11 Å². The number of hydrogen-bond acceptors (Lipinski definition) is 5. The van der Waals surface area contributed by atoms with Gasteiger partial charge >= 0.3 is 11.3 Å². The second-order valence-corrected chi connectivity index (χ2v) is 5.55. The Kier molecular flexibility index (Phi) is 4.38. The Bertz CT molecular complexity index is 984. The maximum Gasteiger partial charge on any atom is 0.436 e. The van der Waals surface area contributed by atoms with Crippen LogP contribution in [0.15, 0.2) is 56.8 Å². The summed E-state index contributed by atoms with van der Waals surface area (Å²) in [6.07, 6.45) is 0. The van der Waals surface area contributed by atoms with E-state index in [1.165, 1.54) is 4.68 Å². The molecule has 0 aliphatic heterocycles. The predicted molar refractivity (Wildman–Crippen MR) is 89.5 cm³/mol.